The van der Waals surface area contributed by atoms with Crippen molar-refractivity contribution in [3.05, 3.63) is 23.3 Å². The molecule has 1 heterocycles. The number of aliphatic hydroxyl groups is 1. The third-order valence-electron chi connectivity index (χ3n) is 4.82. The van der Waals surface area contributed by atoms with Crippen molar-refractivity contribution in [1.82, 2.24) is 0 Å². The van der Waals surface area contributed by atoms with Crippen molar-refractivity contribution < 1.29 is 14.6 Å². The fourth-order valence-electron chi connectivity index (χ4n) is 4.00. The number of fused-ring (bicyclic) bond motifs is 2. The molecule has 0 amide bonds. The monoisotopic (exact) mass is 248 g/mol. The van der Waals surface area contributed by atoms with E-state index in [4.69, 9.17) is 4.74 Å². The number of aliphatic hydroxyl groups excluding tert-OH is 1. The Morgan fingerprint density at radius 1 is 1.44 bits per heavy atom. The smallest absolute Gasteiger partial charge is 0.331 e. The number of rotatable bonds is 0. The topological polar surface area (TPSA) is 46.5 Å². The van der Waals surface area contributed by atoms with E-state index in [2.05, 4.69) is 26.8 Å². The van der Waals surface area contributed by atoms with Crippen LogP contribution in [-0.4, -0.2) is 23.3 Å². The lowest BCUT2D eigenvalue weighted by Gasteiger charge is -2.46. The van der Waals surface area contributed by atoms with E-state index in [9.17, 15) is 9.90 Å². The summed E-state index contributed by atoms with van der Waals surface area (Å²) in [6.07, 6.45) is 4.66. The van der Waals surface area contributed by atoms with Gasteiger partial charge in [0.05, 0.1) is 6.10 Å². The minimum absolute atomic E-state index is 0.158. The van der Waals surface area contributed by atoms with Gasteiger partial charge >= 0.3 is 5.97 Å². The molecular weight excluding hydrogens is 228 g/mol. The van der Waals surface area contributed by atoms with Crippen LogP contribution in [0.5, 0.6) is 0 Å². The van der Waals surface area contributed by atoms with E-state index in [1.54, 1.807) is 0 Å². The summed E-state index contributed by atoms with van der Waals surface area (Å²) in [4.78, 5) is 11.5. The van der Waals surface area contributed by atoms with Crippen molar-refractivity contribution in [1.29, 1.82) is 0 Å². The summed E-state index contributed by atoms with van der Waals surface area (Å²) in [5.74, 6) is 0.300. The van der Waals surface area contributed by atoms with Gasteiger partial charge < -0.3 is 9.84 Å². The second kappa shape index (κ2) is 3.70. The quantitative estimate of drug-likeness (QED) is 0.528. The van der Waals surface area contributed by atoms with Crippen LogP contribution in [0.2, 0.25) is 0 Å². The fraction of sp³-hybridized carbons (Fsp3) is 0.667. The van der Waals surface area contributed by atoms with Crippen molar-refractivity contribution in [3.63, 3.8) is 0 Å². The highest BCUT2D eigenvalue weighted by molar-refractivity contribution is 5.86. The molecule has 0 aromatic rings. The molecule has 18 heavy (non-hydrogen) atoms. The van der Waals surface area contributed by atoms with Crippen molar-refractivity contribution in [3.8, 4) is 0 Å². The van der Waals surface area contributed by atoms with Crippen molar-refractivity contribution in [2.45, 2.75) is 45.8 Å². The molecule has 4 rings (SSSR count). The molecule has 0 radical (unpaired) electrons. The third kappa shape index (κ3) is 1.64. The van der Waals surface area contributed by atoms with Gasteiger partial charge in [-0.2, -0.15) is 0 Å². The molecule has 4 atom stereocenters. The van der Waals surface area contributed by atoms with Gasteiger partial charge in [-0.15, -0.1) is 0 Å². The zero-order chi connectivity index (χ0) is 13.1. The normalized spacial score (nSPS) is 41.4. The number of hydrogen-bond donors (Lipinski definition) is 1. The molecule has 1 N–H and O–H groups in total. The first-order valence-electron chi connectivity index (χ1n) is 6.67. The van der Waals surface area contributed by atoms with Crippen LogP contribution >= 0.6 is 0 Å². The summed E-state index contributed by atoms with van der Waals surface area (Å²) in [7, 11) is 0. The summed E-state index contributed by atoms with van der Waals surface area (Å²) >= 11 is 0. The SMILES string of the molecule is CC1=C[C@H]2CC(C)(C)[C@@H]1C[C@H](O)C1=CC(=O)O[C@@H]12. The van der Waals surface area contributed by atoms with Crippen molar-refractivity contribution in [2.75, 3.05) is 0 Å². The van der Waals surface area contributed by atoms with Crippen LogP contribution in [0.25, 0.3) is 0 Å². The molecule has 0 spiro atoms. The Bertz CT molecular complexity index is 458. The largest absolute Gasteiger partial charge is 0.454 e. The van der Waals surface area contributed by atoms with Crippen LogP contribution in [0.15, 0.2) is 23.3 Å². The standard InChI is InChI=1S/C15H20O3/c1-8-4-9-7-15(2,3)11(8)6-12(16)10-5-13(17)18-14(9)10/h4-5,9,11-12,14,16H,6-7H2,1-3H3/t9-,11+,12-,14+/m0/s1. The fourth-order valence-corrected chi connectivity index (χ4v) is 4.00. The molecule has 1 fully saturated rings. The summed E-state index contributed by atoms with van der Waals surface area (Å²) in [5, 5.41) is 10.3. The van der Waals surface area contributed by atoms with E-state index < -0.39 is 6.10 Å². The van der Waals surface area contributed by atoms with Crippen LogP contribution in [0.1, 0.15) is 33.6 Å². The molecule has 3 aliphatic carbocycles. The number of allylic oxidation sites excluding steroid dienone is 1. The highest BCUT2D eigenvalue weighted by Crippen LogP contribution is 2.51. The highest BCUT2D eigenvalue weighted by Gasteiger charge is 2.47. The molecule has 0 saturated heterocycles. The van der Waals surface area contributed by atoms with Crippen LogP contribution in [0.4, 0.5) is 0 Å². The molecule has 1 aliphatic heterocycles. The average Bonchev–Trinajstić information content (AvgIpc) is 2.63. The zero-order valence-electron chi connectivity index (χ0n) is 11.1. The molecule has 3 nitrogen and oxygen atoms in total. The van der Waals surface area contributed by atoms with E-state index in [1.807, 2.05) is 0 Å². The van der Waals surface area contributed by atoms with Gasteiger partial charge in [-0.05, 0) is 31.1 Å². The number of hydrogen-bond acceptors (Lipinski definition) is 3. The average molecular weight is 248 g/mol. The highest BCUT2D eigenvalue weighted by atomic mass is 16.5. The van der Waals surface area contributed by atoms with E-state index in [0.29, 0.717) is 12.3 Å². The molecule has 0 aromatic heterocycles. The Labute approximate surface area is 108 Å². The van der Waals surface area contributed by atoms with Gasteiger partial charge in [0.15, 0.2) is 0 Å². The predicted molar refractivity (Wildman–Crippen MR) is 67.7 cm³/mol. The predicted octanol–water partition coefficient (Wildman–Crippen LogP) is 2.21. The maximum Gasteiger partial charge on any atom is 0.331 e. The zero-order valence-corrected chi connectivity index (χ0v) is 11.1. The minimum Gasteiger partial charge on any atom is -0.454 e. The second-order valence-corrected chi connectivity index (χ2v) is 6.57. The third-order valence-corrected chi connectivity index (χ3v) is 4.82. The number of esters is 1. The first kappa shape index (κ1) is 12.0. The first-order valence-corrected chi connectivity index (χ1v) is 6.67. The van der Waals surface area contributed by atoms with Gasteiger partial charge in [-0.1, -0.05) is 25.5 Å². The van der Waals surface area contributed by atoms with E-state index in [-0.39, 0.29) is 23.4 Å². The number of carbonyl (C=O) groups is 1. The van der Waals surface area contributed by atoms with Gasteiger partial charge in [0.2, 0.25) is 0 Å². The maximum atomic E-state index is 11.5. The van der Waals surface area contributed by atoms with Crippen molar-refractivity contribution in [2.24, 2.45) is 17.3 Å². The summed E-state index contributed by atoms with van der Waals surface area (Å²) in [5.41, 5.74) is 2.27. The number of ether oxygens (including phenoxy) is 1. The van der Waals surface area contributed by atoms with Gasteiger partial charge in [-0.25, -0.2) is 4.79 Å². The van der Waals surface area contributed by atoms with Gasteiger partial charge in [-0.3, -0.25) is 0 Å². The summed E-state index contributed by atoms with van der Waals surface area (Å²) in [6.45, 7) is 6.63. The van der Waals surface area contributed by atoms with Crippen LogP contribution in [-0.2, 0) is 9.53 Å². The van der Waals surface area contributed by atoms with Gasteiger partial charge in [0.1, 0.15) is 6.10 Å². The Balaban J connectivity index is 2.07. The van der Waals surface area contributed by atoms with E-state index in [1.165, 1.54) is 11.6 Å². The van der Waals surface area contributed by atoms with E-state index >= 15 is 0 Å². The van der Waals surface area contributed by atoms with Crippen LogP contribution < -0.4 is 0 Å². The molecule has 0 unspecified atom stereocenters. The lowest BCUT2D eigenvalue weighted by Crippen LogP contribution is -2.43. The summed E-state index contributed by atoms with van der Waals surface area (Å²) < 4.78 is 5.40. The van der Waals surface area contributed by atoms with Crippen molar-refractivity contribution >= 4 is 5.97 Å². The van der Waals surface area contributed by atoms with Crippen LogP contribution in [0.3, 0.4) is 0 Å². The maximum absolute atomic E-state index is 11.5. The van der Waals surface area contributed by atoms with Gasteiger partial charge in [0.25, 0.3) is 0 Å². The van der Waals surface area contributed by atoms with Crippen LogP contribution in [0, 0.1) is 17.3 Å². The molecule has 3 heteroatoms. The lowest BCUT2D eigenvalue weighted by atomic mass is 9.60. The Morgan fingerprint density at radius 3 is 2.83 bits per heavy atom. The molecule has 2 bridgehead atoms. The molecule has 4 aliphatic rings. The Hall–Kier alpha value is -1.09. The molecule has 98 valence electrons. The van der Waals surface area contributed by atoms with E-state index in [0.717, 1.165) is 12.0 Å². The molecular formula is C15H20O3. The second-order valence-electron chi connectivity index (χ2n) is 6.57. The Kier molecular flexibility index (Phi) is 2.46. The molecule has 0 aromatic carbocycles. The Morgan fingerprint density at radius 2 is 2.17 bits per heavy atom. The number of carbonyl (C=O) groups excluding carboxylic acids is 1. The molecule has 1 saturated carbocycles. The lowest BCUT2D eigenvalue weighted by molar-refractivity contribution is -0.141. The first-order chi connectivity index (χ1) is 8.38. The minimum atomic E-state index is -0.544. The van der Waals surface area contributed by atoms with Gasteiger partial charge in [0, 0.05) is 17.6 Å². The summed E-state index contributed by atoms with van der Waals surface area (Å²) in [6, 6.07) is 0.